The van der Waals surface area contributed by atoms with Crippen molar-refractivity contribution in [2.24, 2.45) is 5.84 Å². The fraction of sp³-hybridized carbons (Fsp3) is 0.400. The fourth-order valence-corrected chi connectivity index (χ4v) is 2.01. The van der Waals surface area contributed by atoms with Crippen molar-refractivity contribution in [2.45, 2.75) is 6.42 Å². The third-order valence-corrected chi connectivity index (χ3v) is 3.23. The van der Waals surface area contributed by atoms with Crippen LogP contribution in [0.1, 0.15) is 16.8 Å². The maximum atomic E-state index is 11.8. The second-order valence-corrected chi connectivity index (χ2v) is 6.06. The number of aromatic nitrogens is 1. The highest BCUT2D eigenvalue weighted by Crippen LogP contribution is 2.11. The van der Waals surface area contributed by atoms with Gasteiger partial charge in [0.1, 0.15) is 9.84 Å². The number of hydrogen-bond donors (Lipinski definition) is 3. The van der Waals surface area contributed by atoms with Gasteiger partial charge in [0.15, 0.2) is 0 Å². The SMILES string of the molecule is CS(=O)(=O)CCCNC(=O)c1ccncc1NN. The zero-order valence-corrected chi connectivity index (χ0v) is 10.8. The number of anilines is 1. The molecule has 0 aliphatic carbocycles. The van der Waals surface area contributed by atoms with Gasteiger partial charge >= 0.3 is 0 Å². The second kappa shape index (κ2) is 6.31. The van der Waals surface area contributed by atoms with Crippen molar-refractivity contribution in [3.8, 4) is 0 Å². The summed E-state index contributed by atoms with van der Waals surface area (Å²) in [5.41, 5.74) is 3.15. The minimum absolute atomic E-state index is 0.0472. The van der Waals surface area contributed by atoms with Crippen molar-refractivity contribution in [3.05, 3.63) is 24.0 Å². The van der Waals surface area contributed by atoms with Gasteiger partial charge in [0.2, 0.25) is 0 Å². The predicted molar refractivity (Wildman–Crippen MR) is 68.7 cm³/mol. The van der Waals surface area contributed by atoms with Gasteiger partial charge in [-0.2, -0.15) is 0 Å². The quantitative estimate of drug-likeness (QED) is 0.366. The molecule has 0 atom stereocenters. The van der Waals surface area contributed by atoms with Crippen LogP contribution in [0.2, 0.25) is 0 Å². The summed E-state index contributed by atoms with van der Waals surface area (Å²) in [6.45, 7) is 0.290. The number of carbonyl (C=O) groups excluding carboxylic acids is 1. The van der Waals surface area contributed by atoms with E-state index in [9.17, 15) is 13.2 Å². The van der Waals surface area contributed by atoms with Gasteiger partial charge in [-0.05, 0) is 12.5 Å². The molecule has 1 amide bonds. The molecule has 0 aliphatic heterocycles. The monoisotopic (exact) mass is 272 g/mol. The summed E-state index contributed by atoms with van der Waals surface area (Å²) in [6, 6.07) is 1.53. The molecule has 100 valence electrons. The summed E-state index contributed by atoms with van der Waals surface area (Å²) in [5.74, 6) is 4.98. The molecule has 0 saturated carbocycles. The number of nitrogens with one attached hydrogen (secondary N) is 2. The van der Waals surface area contributed by atoms with Crippen molar-refractivity contribution < 1.29 is 13.2 Å². The van der Waals surface area contributed by atoms with Gasteiger partial charge < -0.3 is 10.7 Å². The Morgan fingerprint density at radius 3 is 2.83 bits per heavy atom. The number of amides is 1. The Bertz CT molecular complexity index is 516. The van der Waals surface area contributed by atoms with Crippen LogP contribution >= 0.6 is 0 Å². The van der Waals surface area contributed by atoms with Crippen LogP contribution in [-0.4, -0.2) is 37.9 Å². The first kappa shape index (κ1) is 14.4. The van der Waals surface area contributed by atoms with Gasteiger partial charge in [-0.3, -0.25) is 15.6 Å². The molecule has 0 saturated heterocycles. The van der Waals surface area contributed by atoms with Crippen molar-refractivity contribution >= 4 is 21.4 Å². The molecule has 4 N–H and O–H groups in total. The molecule has 0 aromatic carbocycles. The predicted octanol–water partition coefficient (Wildman–Crippen LogP) is -0.468. The first-order valence-electron chi connectivity index (χ1n) is 5.30. The number of nitrogens with two attached hydrogens (primary N) is 1. The molecule has 0 bridgehead atoms. The average molecular weight is 272 g/mol. The number of hydrogen-bond acceptors (Lipinski definition) is 6. The highest BCUT2D eigenvalue weighted by molar-refractivity contribution is 7.90. The standard InChI is InChI=1S/C10H16N4O3S/c1-18(16,17)6-2-4-13-10(15)8-3-5-12-7-9(8)14-11/h3,5,7,14H,2,4,6,11H2,1H3,(H,13,15). The van der Waals surface area contributed by atoms with Crippen LogP contribution in [0.3, 0.4) is 0 Å². The molecule has 8 heteroatoms. The topological polar surface area (TPSA) is 114 Å². The third-order valence-electron chi connectivity index (χ3n) is 2.20. The normalized spacial score (nSPS) is 11.0. The van der Waals surface area contributed by atoms with E-state index in [1.165, 1.54) is 18.5 Å². The summed E-state index contributed by atoms with van der Waals surface area (Å²) < 4.78 is 21.8. The van der Waals surface area contributed by atoms with E-state index in [4.69, 9.17) is 5.84 Å². The lowest BCUT2D eigenvalue weighted by Gasteiger charge is -2.08. The number of nitrogens with zero attached hydrogens (tertiary/aromatic N) is 1. The molecule has 0 radical (unpaired) electrons. The Hall–Kier alpha value is -1.67. The minimum atomic E-state index is -2.99. The van der Waals surface area contributed by atoms with Crippen LogP contribution in [0, 0.1) is 0 Å². The van der Waals surface area contributed by atoms with Gasteiger partial charge in [0.05, 0.1) is 23.2 Å². The number of nitrogen functional groups attached to an aromatic ring is 1. The van der Waals surface area contributed by atoms with Gasteiger partial charge in [0.25, 0.3) is 5.91 Å². The number of sulfone groups is 1. The zero-order valence-electron chi connectivity index (χ0n) is 10.0. The molecular weight excluding hydrogens is 256 g/mol. The first-order chi connectivity index (χ1) is 8.44. The van der Waals surface area contributed by atoms with Crippen molar-refractivity contribution in [3.63, 3.8) is 0 Å². The average Bonchev–Trinajstić information content (AvgIpc) is 2.33. The Labute approximate surface area is 106 Å². The number of rotatable bonds is 6. The largest absolute Gasteiger partial charge is 0.352 e. The van der Waals surface area contributed by atoms with E-state index in [-0.39, 0.29) is 18.2 Å². The van der Waals surface area contributed by atoms with Gasteiger partial charge in [-0.1, -0.05) is 0 Å². The van der Waals surface area contributed by atoms with E-state index in [1.807, 2.05) is 0 Å². The van der Waals surface area contributed by atoms with Crippen molar-refractivity contribution in [1.82, 2.24) is 10.3 Å². The molecule has 1 rings (SSSR count). The van der Waals surface area contributed by atoms with Crippen LogP contribution in [-0.2, 0) is 9.84 Å². The van der Waals surface area contributed by atoms with Crippen LogP contribution < -0.4 is 16.6 Å². The van der Waals surface area contributed by atoms with Crippen LogP contribution in [0.15, 0.2) is 18.5 Å². The summed E-state index contributed by atoms with van der Waals surface area (Å²) in [4.78, 5) is 15.6. The molecule has 0 fully saturated rings. The molecule has 7 nitrogen and oxygen atoms in total. The molecule has 0 aliphatic rings. The summed E-state index contributed by atoms with van der Waals surface area (Å²) in [7, 11) is -2.99. The Morgan fingerprint density at radius 2 is 2.22 bits per heavy atom. The smallest absolute Gasteiger partial charge is 0.253 e. The molecule has 0 spiro atoms. The fourth-order valence-electron chi connectivity index (χ4n) is 1.34. The summed E-state index contributed by atoms with van der Waals surface area (Å²) in [5, 5.41) is 2.62. The van der Waals surface area contributed by atoms with E-state index in [0.29, 0.717) is 17.7 Å². The lowest BCUT2D eigenvalue weighted by molar-refractivity contribution is 0.0954. The van der Waals surface area contributed by atoms with E-state index >= 15 is 0 Å². The Morgan fingerprint density at radius 1 is 1.50 bits per heavy atom. The first-order valence-corrected chi connectivity index (χ1v) is 7.36. The van der Waals surface area contributed by atoms with Crippen LogP contribution in [0.4, 0.5) is 5.69 Å². The lowest BCUT2D eigenvalue weighted by atomic mass is 10.2. The molecular formula is C10H16N4O3S. The molecule has 0 unspecified atom stereocenters. The second-order valence-electron chi connectivity index (χ2n) is 3.80. The van der Waals surface area contributed by atoms with Crippen LogP contribution in [0.25, 0.3) is 0 Å². The Kier molecular flexibility index (Phi) is 5.05. The summed E-state index contributed by atoms with van der Waals surface area (Å²) >= 11 is 0. The van der Waals surface area contributed by atoms with E-state index < -0.39 is 9.84 Å². The van der Waals surface area contributed by atoms with E-state index in [1.54, 1.807) is 0 Å². The van der Waals surface area contributed by atoms with E-state index in [0.717, 1.165) is 6.26 Å². The highest BCUT2D eigenvalue weighted by atomic mass is 32.2. The van der Waals surface area contributed by atoms with Gasteiger partial charge in [-0.25, -0.2) is 8.42 Å². The summed E-state index contributed by atoms with van der Waals surface area (Å²) in [6.07, 6.45) is 4.45. The van der Waals surface area contributed by atoms with Crippen molar-refractivity contribution in [1.29, 1.82) is 0 Å². The molecule has 1 aromatic heterocycles. The van der Waals surface area contributed by atoms with E-state index in [2.05, 4.69) is 15.7 Å². The molecule has 18 heavy (non-hydrogen) atoms. The van der Waals surface area contributed by atoms with Gasteiger partial charge in [-0.15, -0.1) is 0 Å². The molecule has 1 heterocycles. The number of hydrazine groups is 1. The lowest BCUT2D eigenvalue weighted by Crippen LogP contribution is -2.27. The van der Waals surface area contributed by atoms with Gasteiger partial charge in [0, 0.05) is 19.0 Å². The number of carbonyl (C=O) groups is 1. The minimum Gasteiger partial charge on any atom is -0.352 e. The Balaban J connectivity index is 2.51. The van der Waals surface area contributed by atoms with Crippen LogP contribution in [0.5, 0.6) is 0 Å². The number of pyridine rings is 1. The third kappa shape index (κ3) is 4.68. The maximum Gasteiger partial charge on any atom is 0.253 e. The zero-order chi connectivity index (χ0) is 13.6. The molecule has 1 aromatic rings. The highest BCUT2D eigenvalue weighted by Gasteiger charge is 2.10. The van der Waals surface area contributed by atoms with Crippen molar-refractivity contribution in [2.75, 3.05) is 24.0 Å². The maximum absolute atomic E-state index is 11.8.